The maximum absolute atomic E-state index is 14.0. The number of rotatable bonds is 9. The molecule has 4 amide bonds. The third-order valence-electron chi connectivity index (χ3n) is 8.21. The third-order valence-corrected chi connectivity index (χ3v) is 8.21. The second-order valence-electron chi connectivity index (χ2n) is 13.0. The quantitative estimate of drug-likeness (QED) is 0.432. The van der Waals surface area contributed by atoms with E-state index in [9.17, 15) is 19.2 Å². The minimum Gasteiger partial charge on any atom is -0.357 e. The lowest BCUT2D eigenvalue weighted by molar-refractivity contribution is -0.142. The number of nitrogens with one attached hydrogen (secondary N) is 2. The summed E-state index contributed by atoms with van der Waals surface area (Å²) in [7, 11) is 3.33. The summed E-state index contributed by atoms with van der Waals surface area (Å²) in [5.74, 6) is -0.579. The van der Waals surface area contributed by atoms with Gasteiger partial charge in [0.05, 0.1) is 12.1 Å². The topological polar surface area (TPSA) is 102 Å². The maximum Gasteiger partial charge on any atom is 0.249 e. The van der Waals surface area contributed by atoms with Gasteiger partial charge in [0.2, 0.25) is 23.6 Å². The zero-order valence-electron chi connectivity index (χ0n) is 26.0. The first-order valence-corrected chi connectivity index (χ1v) is 14.7. The number of nitrogens with zero attached hydrogens (tertiary/aromatic N) is 3. The Balaban J connectivity index is 2.27. The molecular formula is C30H53N5O4. The number of likely N-dealkylation sites (tertiary alicyclic amines) is 2. The lowest BCUT2D eigenvalue weighted by Gasteiger charge is -2.41. The van der Waals surface area contributed by atoms with Crippen LogP contribution in [-0.4, -0.2) is 95.7 Å². The molecule has 0 aromatic heterocycles. The fourth-order valence-electron chi connectivity index (χ4n) is 5.85. The van der Waals surface area contributed by atoms with Gasteiger partial charge in [-0.15, -0.1) is 0 Å². The van der Waals surface area contributed by atoms with Crippen LogP contribution in [0.5, 0.6) is 0 Å². The van der Waals surface area contributed by atoms with E-state index in [4.69, 9.17) is 0 Å². The Bertz CT molecular complexity index is 923. The zero-order chi connectivity index (χ0) is 29.7. The lowest BCUT2D eigenvalue weighted by atomic mass is 9.84. The molecule has 0 radical (unpaired) electrons. The van der Waals surface area contributed by atoms with Crippen molar-refractivity contribution in [3.63, 3.8) is 0 Å². The second-order valence-corrected chi connectivity index (χ2v) is 13.0. The molecule has 2 aliphatic heterocycles. The average molecular weight is 548 g/mol. The van der Waals surface area contributed by atoms with E-state index in [-0.39, 0.29) is 47.7 Å². The summed E-state index contributed by atoms with van der Waals surface area (Å²) in [4.78, 5) is 58.6. The van der Waals surface area contributed by atoms with Gasteiger partial charge in [0.1, 0.15) is 12.1 Å². The van der Waals surface area contributed by atoms with Crippen LogP contribution in [0.25, 0.3) is 0 Å². The Kier molecular flexibility index (Phi) is 11.6. The molecule has 2 saturated heterocycles. The number of carbonyl (C=O) groups is 4. The van der Waals surface area contributed by atoms with Crippen molar-refractivity contribution in [1.82, 2.24) is 25.3 Å². The molecule has 0 aliphatic carbocycles. The van der Waals surface area contributed by atoms with Gasteiger partial charge in [-0.2, -0.15) is 0 Å². The van der Waals surface area contributed by atoms with Gasteiger partial charge in [0, 0.05) is 32.3 Å². The van der Waals surface area contributed by atoms with E-state index in [2.05, 4.69) is 29.4 Å². The van der Waals surface area contributed by atoms with E-state index >= 15 is 0 Å². The van der Waals surface area contributed by atoms with E-state index < -0.39 is 17.5 Å². The van der Waals surface area contributed by atoms with E-state index in [1.807, 2.05) is 40.7 Å². The summed E-state index contributed by atoms with van der Waals surface area (Å²) >= 11 is 0. The first kappa shape index (κ1) is 32.8. The van der Waals surface area contributed by atoms with Crippen LogP contribution in [0, 0.1) is 11.3 Å². The van der Waals surface area contributed by atoms with Gasteiger partial charge in [-0.25, -0.2) is 0 Å². The molecule has 222 valence electrons. The highest BCUT2D eigenvalue weighted by atomic mass is 16.2. The lowest BCUT2D eigenvalue weighted by Crippen LogP contribution is -2.60. The predicted molar refractivity (Wildman–Crippen MR) is 155 cm³/mol. The monoisotopic (exact) mass is 547 g/mol. The molecule has 9 nitrogen and oxygen atoms in total. The molecule has 4 atom stereocenters. The summed E-state index contributed by atoms with van der Waals surface area (Å²) < 4.78 is 0. The van der Waals surface area contributed by atoms with E-state index in [0.29, 0.717) is 18.5 Å². The molecule has 9 heteroatoms. The number of hydrogen-bond donors (Lipinski definition) is 2. The molecule has 2 rings (SSSR count). The van der Waals surface area contributed by atoms with Crippen LogP contribution in [0.4, 0.5) is 0 Å². The molecule has 2 heterocycles. The SMILES string of the molecule is CNC(=O)C1CCCN1C(=O)/C(C)=C/C(C(C)C)N(C)C(=O)C(NC(=O)C1CCCCN1C(C)C)C(C)(C)C. The number of likely N-dealkylation sites (N-methyl/N-ethyl adjacent to an activating group) is 2. The molecule has 0 aromatic carbocycles. The molecule has 0 spiro atoms. The smallest absolute Gasteiger partial charge is 0.249 e. The maximum atomic E-state index is 14.0. The van der Waals surface area contributed by atoms with Crippen molar-refractivity contribution in [2.45, 2.75) is 118 Å². The van der Waals surface area contributed by atoms with Crippen molar-refractivity contribution >= 4 is 23.6 Å². The molecule has 2 aliphatic rings. The van der Waals surface area contributed by atoms with Gasteiger partial charge in [-0.3, -0.25) is 24.1 Å². The highest BCUT2D eigenvalue weighted by molar-refractivity contribution is 5.97. The molecule has 0 aromatic rings. The van der Waals surface area contributed by atoms with Crippen molar-refractivity contribution in [3.05, 3.63) is 11.6 Å². The van der Waals surface area contributed by atoms with Crippen molar-refractivity contribution in [1.29, 1.82) is 0 Å². The fraction of sp³-hybridized carbons (Fsp3) is 0.800. The molecule has 2 N–H and O–H groups in total. The van der Waals surface area contributed by atoms with E-state index in [1.54, 1.807) is 30.8 Å². The number of amides is 4. The summed E-state index contributed by atoms with van der Waals surface area (Å²) in [6.45, 7) is 17.3. The molecule has 0 saturated carbocycles. The predicted octanol–water partition coefficient (Wildman–Crippen LogP) is 2.95. The molecule has 4 unspecified atom stereocenters. The molecular weight excluding hydrogens is 494 g/mol. The van der Waals surface area contributed by atoms with Crippen LogP contribution in [0.1, 0.15) is 87.5 Å². The zero-order valence-corrected chi connectivity index (χ0v) is 26.0. The summed E-state index contributed by atoms with van der Waals surface area (Å²) in [6, 6.07) is -1.52. The first-order valence-electron chi connectivity index (χ1n) is 14.7. The van der Waals surface area contributed by atoms with Gasteiger partial charge in [-0.05, 0) is 64.3 Å². The second kappa shape index (κ2) is 13.8. The molecule has 0 bridgehead atoms. The Morgan fingerprint density at radius 3 is 2.08 bits per heavy atom. The van der Waals surface area contributed by atoms with Gasteiger partial charge in [-0.1, -0.05) is 47.1 Å². The van der Waals surface area contributed by atoms with Crippen LogP contribution >= 0.6 is 0 Å². The number of hydrogen-bond acceptors (Lipinski definition) is 5. The van der Waals surface area contributed by atoms with Crippen LogP contribution in [0.2, 0.25) is 0 Å². The van der Waals surface area contributed by atoms with Gasteiger partial charge in [0.15, 0.2) is 0 Å². The van der Waals surface area contributed by atoms with Crippen molar-refractivity contribution in [3.8, 4) is 0 Å². The van der Waals surface area contributed by atoms with Gasteiger partial charge >= 0.3 is 0 Å². The number of carbonyl (C=O) groups excluding carboxylic acids is 4. The Hall–Kier alpha value is -2.42. The Morgan fingerprint density at radius 2 is 1.54 bits per heavy atom. The summed E-state index contributed by atoms with van der Waals surface area (Å²) in [5.41, 5.74) is 0.000316. The average Bonchev–Trinajstić information content (AvgIpc) is 3.37. The van der Waals surface area contributed by atoms with Crippen LogP contribution in [0.3, 0.4) is 0 Å². The van der Waals surface area contributed by atoms with Crippen LogP contribution < -0.4 is 10.6 Å². The summed E-state index contributed by atoms with van der Waals surface area (Å²) in [5, 5.41) is 5.77. The molecule has 39 heavy (non-hydrogen) atoms. The first-order chi connectivity index (χ1) is 18.1. The van der Waals surface area contributed by atoms with Gasteiger partial charge < -0.3 is 20.4 Å². The van der Waals surface area contributed by atoms with Crippen LogP contribution in [0.15, 0.2) is 11.6 Å². The normalized spacial score (nSPS) is 22.6. The summed E-state index contributed by atoms with van der Waals surface area (Å²) in [6.07, 6.45) is 6.14. The Morgan fingerprint density at radius 1 is 0.923 bits per heavy atom. The van der Waals surface area contributed by atoms with Crippen molar-refractivity contribution < 1.29 is 19.2 Å². The van der Waals surface area contributed by atoms with Crippen molar-refractivity contribution in [2.24, 2.45) is 11.3 Å². The van der Waals surface area contributed by atoms with Crippen LogP contribution in [-0.2, 0) is 19.2 Å². The highest BCUT2D eigenvalue weighted by Gasteiger charge is 2.40. The van der Waals surface area contributed by atoms with Gasteiger partial charge in [0.25, 0.3) is 0 Å². The highest BCUT2D eigenvalue weighted by Crippen LogP contribution is 2.26. The van der Waals surface area contributed by atoms with Crippen molar-refractivity contribution in [2.75, 3.05) is 27.2 Å². The largest absolute Gasteiger partial charge is 0.357 e. The minimum absolute atomic E-state index is 0.0288. The third kappa shape index (κ3) is 8.05. The standard InChI is InChI=1S/C30H53N5O4/c1-19(2)24(18-21(5)28(38)35-17-13-15-22(35)26(36)31-9)33(10)29(39)25(30(6,7)8)32-27(37)23-14-11-12-16-34(23)20(3)4/h18-20,22-25H,11-17H2,1-10H3,(H,31,36)(H,32,37)/b21-18+. The van der Waals surface area contributed by atoms with E-state index in [1.165, 1.54) is 0 Å². The molecule has 2 fully saturated rings. The fourth-order valence-corrected chi connectivity index (χ4v) is 5.85. The van der Waals surface area contributed by atoms with E-state index in [0.717, 1.165) is 32.2 Å². The Labute approximate surface area is 236 Å². The number of piperidine rings is 1. The minimum atomic E-state index is -0.715.